The van der Waals surface area contributed by atoms with Crippen molar-refractivity contribution in [1.29, 1.82) is 0 Å². The summed E-state index contributed by atoms with van der Waals surface area (Å²) in [5, 5.41) is 1.15. The number of hydrogen-bond donors (Lipinski definition) is 0. The maximum absolute atomic E-state index is 5.52. The lowest BCUT2D eigenvalue weighted by atomic mass is 10.1. The van der Waals surface area contributed by atoms with Crippen LogP contribution < -0.4 is 14.5 Å². The van der Waals surface area contributed by atoms with Crippen LogP contribution in [0.1, 0.15) is 12.5 Å². The lowest BCUT2D eigenvalue weighted by molar-refractivity contribution is 0.413. The second kappa shape index (κ2) is 7.20. The molecule has 2 aromatic carbocycles. The van der Waals surface area contributed by atoms with Crippen LogP contribution in [0.3, 0.4) is 0 Å². The number of benzene rings is 2. The van der Waals surface area contributed by atoms with E-state index < -0.39 is 0 Å². The summed E-state index contributed by atoms with van der Waals surface area (Å²) in [5.74, 6) is 1.98. The molecule has 0 bridgehead atoms. The highest BCUT2D eigenvalue weighted by atomic mass is 16.5. The molecule has 4 rings (SSSR count). The lowest BCUT2D eigenvalue weighted by Gasteiger charge is -2.37. The molecular weight excluding hydrogens is 324 g/mol. The van der Waals surface area contributed by atoms with Gasteiger partial charge in [-0.3, -0.25) is 0 Å². The van der Waals surface area contributed by atoms with E-state index in [0.29, 0.717) is 0 Å². The summed E-state index contributed by atoms with van der Waals surface area (Å²) in [6.07, 6.45) is 2.70. The van der Waals surface area contributed by atoms with E-state index in [9.17, 15) is 0 Å². The Morgan fingerprint density at radius 2 is 1.73 bits per heavy atom. The summed E-state index contributed by atoms with van der Waals surface area (Å²) in [5.41, 5.74) is 3.50. The van der Waals surface area contributed by atoms with Crippen LogP contribution in [0.5, 0.6) is 5.75 Å². The van der Waals surface area contributed by atoms with E-state index >= 15 is 0 Å². The van der Waals surface area contributed by atoms with Crippen molar-refractivity contribution in [3.05, 3.63) is 54.4 Å². The number of rotatable bonds is 4. The van der Waals surface area contributed by atoms with Gasteiger partial charge >= 0.3 is 0 Å². The molecule has 0 N–H and O–H groups in total. The molecule has 1 aliphatic heterocycles. The number of piperazine rings is 1. The topological polar surface area (TPSA) is 41.5 Å². The van der Waals surface area contributed by atoms with Gasteiger partial charge in [-0.2, -0.15) is 0 Å². The zero-order valence-corrected chi connectivity index (χ0v) is 15.4. The fourth-order valence-electron chi connectivity index (χ4n) is 3.61. The normalized spacial score (nSPS) is 14.7. The SMILES string of the molecule is CCc1ccc2ncnc(N3CCN(c4ccccc4OC)CC3)c2c1. The van der Waals surface area contributed by atoms with E-state index in [1.165, 1.54) is 5.56 Å². The van der Waals surface area contributed by atoms with E-state index in [4.69, 9.17) is 4.74 Å². The minimum atomic E-state index is 0.931. The Balaban J connectivity index is 1.58. The largest absolute Gasteiger partial charge is 0.495 e. The van der Waals surface area contributed by atoms with Crippen molar-refractivity contribution in [1.82, 2.24) is 9.97 Å². The molecule has 3 aromatic rings. The quantitative estimate of drug-likeness (QED) is 0.721. The summed E-state index contributed by atoms with van der Waals surface area (Å²) in [7, 11) is 1.73. The van der Waals surface area contributed by atoms with Gasteiger partial charge < -0.3 is 14.5 Å². The minimum Gasteiger partial charge on any atom is -0.495 e. The zero-order valence-electron chi connectivity index (χ0n) is 15.4. The number of aryl methyl sites for hydroxylation is 1. The van der Waals surface area contributed by atoms with Gasteiger partial charge in [-0.05, 0) is 36.2 Å². The highest BCUT2D eigenvalue weighted by Crippen LogP contribution is 2.30. The molecule has 5 heteroatoms. The Bertz CT molecular complexity index is 903. The van der Waals surface area contributed by atoms with Crippen molar-refractivity contribution in [2.45, 2.75) is 13.3 Å². The van der Waals surface area contributed by atoms with Crippen LogP contribution in [0, 0.1) is 0 Å². The maximum atomic E-state index is 5.52. The van der Waals surface area contributed by atoms with Crippen LogP contribution in [0.15, 0.2) is 48.8 Å². The molecule has 2 heterocycles. The van der Waals surface area contributed by atoms with E-state index in [1.807, 2.05) is 12.1 Å². The average Bonchev–Trinajstić information content (AvgIpc) is 2.73. The number of anilines is 2. The second-order valence-electron chi connectivity index (χ2n) is 6.55. The number of aromatic nitrogens is 2. The van der Waals surface area contributed by atoms with Crippen LogP contribution >= 0.6 is 0 Å². The van der Waals surface area contributed by atoms with Crippen molar-refractivity contribution in [2.75, 3.05) is 43.1 Å². The van der Waals surface area contributed by atoms with Crippen LogP contribution in [0.2, 0.25) is 0 Å². The fourth-order valence-corrected chi connectivity index (χ4v) is 3.61. The highest BCUT2D eigenvalue weighted by Gasteiger charge is 2.21. The molecule has 1 aromatic heterocycles. The van der Waals surface area contributed by atoms with Gasteiger partial charge in [0.2, 0.25) is 0 Å². The van der Waals surface area contributed by atoms with Gasteiger partial charge in [0.15, 0.2) is 0 Å². The highest BCUT2D eigenvalue weighted by molar-refractivity contribution is 5.90. The predicted octanol–water partition coefficient (Wildman–Crippen LogP) is 3.53. The molecule has 0 saturated carbocycles. The molecule has 1 fully saturated rings. The van der Waals surface area contributed by atoms with Gasteiger partial charge in [-0.15, -0.1) is 0 Å². The molecule has 26 heavy (non-hydrogen) atoms. The number of nitrogens with zero attached hydrogens (tertiary/aromatic N) is 4. The van der Waals surface area contributed by atoms with Gasteiger partial charge in [0.1, 0.15) is 17.9 Å². The van der Waals surface area contributed by atoms with E-state index in [1.54, 1.807) is 13.4 Å². The van der Waals surface area contributed by atoms with Crippen LogP contribution in [0.4, 0.5) is 11.5 Å². The Kier molecular flexibility index (Phi) is 4.61. The minimum absolute atomic E-state index is 0.931. The first-order valence-corrected chi connectivity index (χ1v) is 9.16. The van der Waals surface area contributed by atoms with E-state index in [2.05, 4.69) is 57.0 Å². The van der Waals surface area contributed by atoms with Crippen molar-refractivity contribution in [3.63, 3.8) is 0 Å². The fraction of sp³-hybridized carbons (Fsp3) is 0.333. The summed E-state index contributed by atoms with van der Waals surface area (Å²) in [6.45, 7) is 5.93. The van der Waals surface area contributed by atoms with Crippen molar-refractivity contribution < 1.29 is 4.74 Å². The second-order valence-corrected chi connectivity index (χ2v) is 6.55. The summed E-state index contributed by atoms with van der Waals surface area (Å²) in [4.78, 5) is 13.8. The Labute approximate surface area is 154 Å². The molecule has 134 valence electrons. The third-order valence-electron chi connectivity index (χ3n) is 5.09. The molecule has 1 aliphatic rings. The van der Waals surface area contributed by atoms with Crippen molar-refractivity contribution >= 4 is 22.4 Å². The third kappa shape index (κ3) is 3.05. The standard InChI is InChI=1S/C21H24N4O/c1-3-16-8-9-18-17(14-16)21(23-15-22-18)25-12-10-24(11-13-25)19-6-4-5-7-20(19)26-2/h4-9,14-15H,3,10-13H2,1-2H3. The summed E-state index contributed by atoms with van der Waals surface area (Å²) in [6, 6.07) is 14.7. The number of fused-ring (bicyclic) bond motifs is 1. The third-order valence-corrected chi connectivity index (χ3v) is 5.09. The molecule has 0 aliphatic carbocycles. The molecule has 0 unspecified atom stereocenters. The van der Waals surface area contributed by atoms with Crippen LogP contribution in [0.25, 0.3) is 10.9 Å². The molecule has 0 atom stereocenters. The van der Waals surface area contributed by atoms with E-state index in [0.717, 1.165) is 60.8 Å². The smallest absolute Gasteiger partial charge is 0.142 e. The Hall–Kier alpha value is -2.82. The molecule has 0 spiro atoms. The number of para-hydroxylation sites is 2. The molecule has 0 radical (unpaired) electrons. The van der Waals surface area contributed by atoms with Gasteiger partial charge in [-0.25, -0.2) is 9.97 Å². The first-order chi connectivity index (χ1) is 12.8. The Morgan fingerprint density at radius 1 is 0.962 bits per heavy atom. The molecular formula is C21H24N4O. The first kappa shape index (κ1) is 16.6. The average molecular weight is 348 g/mol. The zero-order chi connectivity index (χ0) is 17.9. The molecule has 1 saturated heterocycles. The predicted molar refractivity (Wildman–Crippen MR) is 106 cm³/mol. The molecule has 0 amide bonds. The Morgan fingerprint density at radius 3 is 2.50 bits per heavy atom. The monoisotopic (exact) mass is 348 g/mol. The van der Waals surface area contributed by atoms with Gasteiger partial charge in [0.25, 0.3) is 0 Å². The first-order valence-electron chi connectivity index (χ1n) is 9.16. The van der Waals surface area contributed by atoms with Crippen molar-refractivity contribution in [2.24, 2.45) is 0 Å². The molecule has 5 nitrogen and oxygen atoms in total. The number of methoxy groups -OCH3 is 1. The maximum Gasteiger partial charge on any atom is 0.142 e. The van der Waals surface area contributed by atoms with Gasteiger partial charge in [-0.1, -0.05) is 25.1 Å². The van der Waals surface area contributed by atoms with Crippen LogP contribution in [-0.2, 0) is 6.42 Å². The number of hydrogen-bond acceptors (Lipinski definition) is 5. The van der Waals surface area contributed by atoms with Crippen LogP contribution in [-0.4, -0.2) is 43.3 Å². The van der Waals surface area contributed by atoms with Gasteiger partial charge in [0.05, 0.1) is 18.3 Å². The number of ether oxygens (including phenoxy) is 1. The van der Waals surface area contributed by atoms with Crippen molar-refractivity contribution in [3.8, 4) is 5.75 Å². The summed E-state index contributed by atoms with van der Waals surface area (Å²) >= 11 is 0. The van der Waals surface area contributed by atoms with Gasteiger partial charge in [0, 0.05) is 31.6 Å². The summed E-state index contributed by atoms with van der Waals surface area (Å²) < 4.78 is 5.52. The lowest BCUT2D eigenvalue weighted by Crippen LogP contribution is -2.47. The van der Waals surface area contributed by atoms with E-state index in [-0.39, 0.29) is 0 Å².